The van der Waals surface area contributed by atoms with Gasteiger partial charge in [0.1, 0.15) is 12.4 Å². The first-order valence-electron chi connectivity index (χ1n) is 7.32. The zero-order chi connectivity index (χ0) is 17.1. The van der Waals surface area contributed by atoms with Gasteiger partial charge in [-0.05, 0) is 27.6 Å². The molecule has 126 valence electrons. The van der Waals surface area contributed by atoms with Crippen LogP contribution in [0.5, 0.6) is 5.75 Å². The van der Waals surface area contributed by atoms with Crippen LogP contribution in [0.1, 0.15) is 15.9 Å². The van der Waals surface area contributed by atoms with E-state index in [2.05, 4.69) is 21.2 Å². The topological polar surface area (TPSA) is 67.8 Å². The number of hydrogen-bond donors (Lipinski definition) is 2. The molecule has 0 radical (unpaired) electrons. The fourth-order valence-electron chi connectivity index (χ4n) is 2.46. The molecule has 1 heterocycles. The molecule has 2 aromatic rings. The first kappa shape index (κ1) is 16.7. The highest BCUT2D eigenvalue weighted by atomic mass is 79.9. The molecule has 0 bridgehead atoms. The Labute approximate surface area is 146 Å². The van der Waals surface area contributed by atoms with Crippen molar-refractivity contribution in [2.24, 2.45) is 0 Å². The normalized spacial score (nSPS) is 16.0. The number of hydrogen-bond acceptors (Lipinski definition) is 4. The minimum Gasteiger partial charge on any atom is -0.488 e. The van der Waals surface area contributed by atoms with Crippen LogP contribution in [0.15, 0.2) is 40.9 Å². The molecule has 0 aromatic heterocycles. The summed E-state index contributed by atoms with van der Waals surface area (Å²) in [5.74, 6) is -1.72. The van der Waals surface area contributed by atoms with Crippen molar-refractivity contribution in [3.8, 4) is 5.75 Å². The summed E-state index contributed by atoms with van der Waals surface area (Å²) in [6, 6.07) is 10.5. The number of carbonyl (C=O) groups is 1. The van der Waals surface area contributed by atoms with Gasteiger partial charge < -0.3 is 19.9 Å². The molecule has 0 saturated heterocycles. The second-order valence-electron chi connectivity index (χ2n) is 5.38. The van der Waals surface area contributed by atoms with Crippen molar-refractivity contribution >= 4 is 27.6 Å². The highest BCUT2D eigenvalue weighted by molar-refractivity contribution is 9.10. The second-order valence-corrected chi connectivity index (χ2v) is 6.18. The molecular formula is C17H15BrFNO4. The van der Waals surface area contributed by atoms with Crippen LogP contribution >= 0.6 is 15.9 Å². The van der Waals surface area contributed by atoms with Gasteiger partial charge in [-0.2, -0.15) is 0 Å². The average molecular weight is 396 g/mol. The average Bonchev–Trinajstić information content (AvgIpc) is 2.59. The Hall–Kier alpha value is -2.12. The highest BCUT2D eigenvalue weighted by Gasteiger charge is 2.28. The predicted octanol–water partition coefficient (Wildman–Crippen LogP) is 3.68. The maximum absolute atomic E-state index is 13.8. The van der Waals surface area contributed by atoms with E-state index < -0.39 is 11.8 Å². The molecule has 7 heteroatoms. The number of ether oxygens (including phenoxy) is 2. The van der Waals surface area contributed by atoms with Gasteiger partial charge in [0.15, 0.2) is 5.75 Å². The Morgan fingerprint density at radius 3 is 2.88 bits per heavy atom. The molecule has 3 rings (SSSR count). The molecule has 2 N–H and O–H groups in total. The number of anilines is 1. The van der Waals surface area contributed by atoms with Crippen LogP contribution in [0.4, 0.5) is 10.1 Å². The summed E-state index contributed by atoms with van der Waals surface area (Å²) in [6.07, 6.45) is 0. The van der Waals surface area contributed by atoms with Crippen molar-refractivity contribution in [3.63, 3.8) is 0 Å². The van der Waals surface area contributed by atoms with E-state index in [0.29, 0.717) is 13.2 Å². The number of carboxylic acids is 1. The van der Waals surface area contributed by atoms with Crippen molar-refractivity contribution in [1.29, 1.82) is 0 Å². The van der Waals surface area contributed by atoms with E-state index in [1.54, 1.807) is 0 Å². The van der Waals surface area contributed by atoms with Crippen LogP contribution in [0.3, 0.4) is 0 Å². The Kier molecular flexibility index (Phi) is 5.01. The van der Waals surface area contributed by atoms with Crippen molar-refractivity contribution < 1.29 is 23.8 Å². The minimum absolute atomic E-state index is 0.110. The quantitative estimate of drug-likeness (QED) is 0.807. The number of halogens is 2. The molecule has 0 saturated carbocycles. The van der Waals surface area contributed by atoms with Crippen molar-refractivity contribution in [3.05, 3.63) is 57.8 Å². The number of fused-ring (bicyclic) bond motifs is 1. The van der Waals surface area contributed by atoms with Crippen molar-refractivity contribution in [2.75, 3.05) is 18.5 Å². The number of aromatic carboxylic acids is 1. The van der Waals surface area contributed by atoms with Gasteiger partial charge in [-0.15, -0.1) is 0 Å². The summed E-state index contributed by atoms with van der Waals surface area (Å²) in [5.41, 5.74) is 1.14. The second kappa shape index (κ2) is 7.19. The molecule has 0 spiro atoms. The van der Waals surface area contributed by atoms with Gasteiger partial charge >= 0.3 is 5.97 Å². The van der Waals surface area contributed by atoms with Gasteiger partial charge in [-0.1, -0.05) is 30.3 Å². The highest BCUT2D eigenvalue weighted by Crippen LogP contribution is 2.41. The van der Waals surface area contributed by atoms with E-state index in [1.807, 2.05) is 30.3 Å². The molecule has 2 aromatic carbocycles. The van der Waals surface area contributed by atoms with Crippen LogP contribution in [0.25, 0.3) is 0 Å². The first-order chi connectivity index (χ1) is 11.6. The summed E-state index contributed by atoms with van der Waals surface area (Å²) in [5, 5.41) is 12.3. The molecule has 1 aliphatic heterocycles. The molecule has 0 unspecified atom stereocenters. The number of nitrogens with one attached hydrogen (secondary N) is 1. The predicted molar refractivity (Wildman–Crippen MR) is 90.1 cm³/mol. The Balaban J connectivity index is 1.70. The third-order valence-electron chi connectivity index (χ3n) is 3.61. The number of rotatable bonds is 5. The monoisotopic (exact) mass is 395 g/mol. The smallest absolute Gasteiger partial charge is 0.338 e. The Morgan fingerprint density at radius 2 is 2.17 bits per heavy atom. The molecule has 5 nitrogen and oxygen atoms in total. The van der Waals surface area contributed by atoms with Gasteiger partial charge in [-0.3, -0.25) is 0 Å². The zero-order valence-electron chi connectivity index (χ0n) is 12.6. The Morgan fingerprint density at radius 1 is 1.42 bits per heavy atom. The number of benzene rings is 2. The van der Waals surface area contributed by atoms with Gasteiger partial charge in [0.2, 0.25) is 0 Å². The standard InChI is InChI=1S/C17H15BrFNO4/c18-14-13(19)6-12(17(21)22)15-16(14)24-9-11(20-15)8-23-7-10-4-2-1-3-5-10/h1-6,11,20H,7-9H2,(H,21,22)/t11-/m0/s1. The van der Waals surface area contributed by atoms with Crippen molar-refractivity contribution in [2.45, 2.75) is 12.6 Å². The molecule has 0 amide bonds. The van der Waals surface area contributed by atoms with E-state index in [-0.39, 0.29) is 34.1 Å². The van der Waals surface area contributed by atoms with Crippen molar-refractivity contribution in [1.82, 2.24) is 0 Å². The van der Waals surface area contributed by atoms with Crippen LogP contribution in [-0.2, 0) is 11.3 Å². The van der Waals surface area contributed by atoms with Crippen LogP contribution in [0.2, 0.25) is 0 Å². The van der Waals surface area contributed by atoms with Gasteiger partial charge in [0.05, 0.1) is 35.0 Å². The minimum atomic E-state index is -1.22. The van der Waals surface area contributed by atoms with Crippen LogP contribution in [-0.4, -0.2) is 30.3 Å². The first-order valence-corrected chi connectivity index (χ1v) is 8.12. The van der Waals surface area contributed by atoms with Gasteiger partial charge in [-0.25, -0.2) is 9.18 Å². The maximum atomic E-state index is 13.8. The molecular weight excluding hydrogens is 381 g/mol. The summed E-state index contributed by atoms with van der Waals surface area (Å²) < 4.78 is 25.1. The number of carboxylic acid groups (broad SMARTS) is 1. The fourth-order valence-corrected chi connectivity index (χ4v) is 2.89. The van der Waals surface area contributed by atoms with Crippen LogP contribution < -0.4 is 10.1 Å². The van der Waals surface area contributed by atoms with E-state index >= 15 is 0 Å². The Bertz CT molecular complexity index is 754. The summed E-state index contributed by atoms with van der Waals surface area (Å²) >= 11 is 3.09. The van der Waals surface area contributed by atoms with E-state index in [9.17, 15) is 14.3 Å². The lowest BCUT2D eigenvalue weighted by Crippen LogP contribution is -2.36. The largest absolute Gasteiger partial charge is 0.488 e. The van der Waals surface area contributed by atoms with Crippen LogP contribution in [0, 0.1) is 5.82 Å². The van der Waals surface area contributed by atoms with E-state index in [0.717, 1.165) is 11.6 Å². The van der Waals surface area contributed by atoms with Gasteiger partial charge in [0.25, 0.3) is 0 Å². The van der Waals surface area contributed by atoms with E-state index in [1.165, 1.54) is 0 Å². The SMILES string of the molecule is O=C(O)c1cc(F)c(Br)c2c1N[C@@H](COCc1ccccc1)CO2. The maximum Gasteiger partial charge on any atom is 0.338 e. The zero-order valence-corrected chi connectivity index (χ0v) is 14.2. The summed E-state index contributed by atoms with van der Waals surface area (Å²) in [6.45, 7) is 1.04. The molecule has 1 aliphatic rings. The lowest BCUT2D eigenvalue weighted by Gasteiger charge is -2.29. The summed E-state index contributed by atoms with van der Waals surface area (Å²) in [7, 11) is 0. The molecule has 0 aliphatic carbocycles. The molecule has 1 atom stereocenters. The third kappa shape index (κ3) is 3.52. The van der Waals surface area contributed by atoms with E-state index in [4.69, 9.17) is 9.47 Å². The van der Waals surface area contributed by atoms with Gasteiger partial charge in [0, 0.05) is 0 Å². The molecule has 24 heavy (non-hydrogen) atoms. The lowest BCUT2D eigenvalue weighted by atomic mass is 10.1. The third-order valence-corrected chi connectivity index (χ3v) is 4.35. The summed E-state index contributed by atoms with van der Waals surface area (Å²) in [4.78, 5) is 11.3. The lowest BCUT2D eigenvalue weighted by molar-refractivity contribution is 0.0694. The fraction of sp³-hybridized carbons (Fsp3) is 0.235. The molecule has 0 fully saturated rings.